The second kappa shape index (κ2) is 6.32. The topological polar surface area (TPSA) is 49.9 Å². The fourth-order valence-corrected chi connectivity index (χ4v) is 3.92. The molecular weight excluding hydrogens is 292 g/mol. The van der Waals surface area contributed by atoms with Gasteiger partial charge in [0.05, 0.1) is 18.7 Å². The first-order valence-electron chi connectivity index (χ1n) is 8.19. The summed E-state index contributed by atoms with van der Waals surface area (Å²) >= 11 is 0. The van der Waals surface area contributed by atoms with Crippen LogP contribution >= 0.6 is 0 Å². The van der Waals surface area contributed by atoms with Gasteiger partial charge in [-0.15, -0.1) is 0 Å². The highest BCUT2D eigenvalue weighted by molar-refractivity contribution is 5.96. The zero-order valence-electron chi connectivity index (χ0n) is 14.0. The molecule has 0 aliphatic carbocycles. The number of hydrogen-bond acceptors (Lipinski definition) is 3. The Labute approximate surface area is 137 Å². The van der Waals surface area contributed by atoms with Crippen LogP contribution in [0.1, 0.15) is 34.3 Å². The molecule has 5 nitrogen and oxygen atoms in total. The fourth-order valence-electron chi connectivity index (χ4n) is 3.92. The summed E-state index contributed by atoms with van der Waals surface area (Å²) in [5.41, 5.74) is 2.91. The molecular formula is C18H24N2O3. The SMILES string of the molecule is COCCN1C(=O)C[C@H]2[C@H]1CCN2C(=O)c1cc(C)cc(C)c1. The van der Waals surface area contributed by atoms with E-state index in [0.717, 1.165) is 29.7 Å². The van der Waals surface area contributed by atoms with Gasteiger partial charge in [-0.1, -0.05) is 17.2 Å². The molecule has 0 N–H and O–H groups in total. The van der Waals surface area contributed by atoms with Gasteiger partial charge in [-0.2, -0.15) is 0 Å². The maximum Gasteiger partial charge on any atom is 0.254 e. The van der Waals surface area contributed by atoms with E-state index in [1.165, 1.54) is 0 Å². The van der Waals surface area contributed by atoms with Crippen LogP contribution in [0.15, 0.2) is 18.2 Å². The third-order valence-corrected chi connectivity index (χ3v) is 4.88. The number of rotatable bonds is 4. The molecule has 0 saturated carbocycles. The Morgan fingerprint density at radius 3 is 2.57 bits per heavy atom. The van der Waals surface area contributed by atoms with Gasteiger partial charge in [0.2, 0.25) is 5.91 Å². The van der Waals surface area contributed by atoms with E-state index in [0.29, 0.717) is 19.6 Å². The Morgan fingerprint density at radius 2 is 1.91 bits per heavy atom. The molecule has 2 atom stereocenters. The van der Waals surface area contributed by atoms with Crippen molar-refractivity contribution in [3.63, 3.8) is 0 Å². The minimum absolute atomic E-state index is 0.00711. The van der Waals surface area contributed by atoms with Gasteiger partial charge in [-0.05, 0) is 32.4 Å². The molecule has 2 aliphatic rings. The van der Waals surface area contributed by atoms with E-state index in [4.69, 9.17) is 4.74 Å². The summed E-state index contributed by atoms with van der Waals surface area (Å²) in [7, 11) is 1.64. The Hall–Kier alpha value is -1.88. The second-order valence-electron chi connectivity index (χ2n) is 6.58. The van der Waals surface area contributed by atoms with Gasteiger partial charge < -0.3 is 14.5 Å². The van der Waals surface area contributed by atoms with Crippen molar-refractivity contribution in [1.29, 1.82) is 0 Å². The number of likely N-dealkylation sites (tertiary alicyclic amines) is 2. The molecule has 0 spiro atoms. The van der Waals surface area contributed by atoms with E-state index in [1.807, 2.05) is 35.8 Å². The number of carbonyl (C=O) groups is 2. The normalized spacial score (nSPS) is 23.5. The summed E-state index contributed by atoms with van der Waals surface area (Å²) in [5, 5.41) is 0. The molecule has 2 amide bonds. The number of carbonyl (C=O) groups excluding carboxylic acids is 2. The highest BCUT2D eigenvalue weighted by Crippen LogP contribution is 2.33. The first-order valence-corrected chi connectivity index (χ1v) is 8.19. The van der Waals surface area contributed by atoms with Crippen LogP contribution in [0.2, 0.25) is 0 Å². The molecule has 0 radical (unpaired) electrons. The summed E-state index contributed by atoms with van der Waals surface area (Å²) in [4.78, 5) is 28.9. The second-order valence-corrected chi connectivity index (χ2v) is 6.58. The Kier molecular flexibility index (Phi) is 4.39. The van der Waals surface area contributed by atoms with Crippen LogP contribution in [-0.4, -0.2) is 60.5 Å². The zero-order chi connectivity index (χ0) is 16.6. The lowest BCUT2D eigenvalue weighted by molar-refractivity contribution is -0.129. The summed E-state index contributed by atoms with van der Waals surface area (Å²) in [6.07, 6.45) is 1.29. The fraction of sp³-hybridized carbons (Fsp3) is 0.556. The summed E-state index contributed by atoms with van der Waals surface area (Å²) < 4.78 is 5.10. The van der Waals surface area contributed by atoms with Crippen LogP contribution in [0.3, 0.4) is 0 Å². The standard InChI is InChI=1S/C18H24N2O3/c1-12-8-13(2)10-14(9-12)18(22)20-5-4-15-16(20)11-17(21)19(15)6-7-23-3/h8-10,15-16H,4-7,11H2,1-3H3/t15-,16+/m1/s1. The molecule has 5 heteroatoms. The summed E-state index contributed by atoms with van der Waals surface area (Å²) in [6, 6.07) is 6.08. The number of hydrogen-bond donors (Lipinski definition) is 0. The smallest absolute Gasteiger partial charge is 0.254 e. The predicted octanol–water partition coefficient (Wildman–Crippen LogP) is 1.77. The number of methoxy groups -OCH3 is 1. The number of amides is 2. The van der Waals surface area contributed by atoms with E-state index in [1.54, 1.807) is 7.11 Å². The average Bonchev–Trinajstić information content (AvgIpc) is 3.02. The van der Waals surface area contributed by atoms with Crippen molar-refractivity contribution in [3.05, 3.63) is 34.9 Å². The molecule has 124 valence electrons. The lowest BCUT2D eigenvalue weighted by Crippen LogP contribution is -2.40. The molecule has 0 bridgehead atoms. The van der Waals surface area contributed by atoms with Crippen LogP contribution in [0.25, 0.3) is 0 Å². The third-order valence-electron chi connectivity index (χ3n) is 4.88. The van der Waals surface area contributed by atoms with Crippen molar-refractivity contribution in [2.24, 2.45) is 0 Å². The average molecular weight is 316 g/mol. The van der Waals surface area contributed by atoms with Gasteiger partial charge in [0.1, 0.15) is 0 Å². The third kappa shape index (κ3) is 2.98. The van der Waals surface area contributed by atoms with Crippen LogP contribution in [-0.2, 0) is 9.53 Å². The summed E-state index contributed by atoms with van der Waals surface area (Å²) in [5.74, 6) is 0.181. The maximum absolute atomic E-state index is 12.9. The van der Waals surface area contributed by atoms with Gasteiger partial charge >= 0.3 is 0 Å². The van der Waals surface area contributed by atoms with Crippen LogP contribution in [0.5, 0.6) is 0 Å². The van der Waals surface area contributed by atoms with Gasteiger partial charge in [0.15, 0.2) is 0 Å². The molecule has 2 heterocycles. The van der Waals surface area contributed by atoms with E-state index >= 15 is 0 Å². The molecule has 1 aromatic rings. The molecule has 2 fully saturated rings. The first-order chi connectivity index (χ1) is 11.0. The van der Waals surface area contributed by atoms with Crippen LogP contribution in [0.4, 0.5) is 0 Å². The number of benzene rings is 1. The van der Waals surface area contributed by atoms with Crippen LogP contribution < -0.4 is 0 Å². The van der Waals surface area contributed by atoms with E-state index in [9.17, 15) is 9.59 Å². The molecule has 23 heavy (non-hydrogen) atoms. The van der Waals surface area contributed by atoms with Crippen molar-refractivity contribution in [2.75, 3.05) is 26.8 Å². The molecule has 2 aliphatic heterocycles. The zero-order valence-corrected chi connectivity index (χ0v) is 14.0. The lowest BCUT2D eigenvalue weighted by Gasteiger charge is -2.25. The number of nitrogens with zero attached hydrogens (tertiary/aromatic N) is 2. The van der Waals surface area contributed by atoms with Crippen molar-refractivity contribution in [3.8, 4) is 0 Å². The van der Waals surface area contributed by atoms with Gasteiger partial charge in [-0.3, -0.25) is 9.59 Å². The van der Waals surface area contributed by atoms with Crippen molar-refractivity contribution >= 4 is 11.8 Å². The minimum atomic E-state index is 0.00711. The van der Waals surface area contributed by atoms with E-state index in [2.05, 4.69) is 6.07 Å². The molecule has 0 unspecified atom stereocenters. The summed E-state index contributed by atoms with van der Waals surface area (Å²) in [6.45, 7) is 5.88. The monoisotopic (exact) mass is 316 g/mol. The molecule has 3 rings (SSSR count). The van der Waals surface area contributed by atoms with E-state index in [-0.39, 0.29) is 23.9 Å². The number of fused-ring (bicyclic) bond motifs is 1. The highest BCUT2D eigenvalue weighted by Gasteiger charge is 2.48. The van der Waals surface area contributed by atoms with Crippen molar-refractivity contribution < 1.29 is 14.3 Å². The highest BCUT2D eigenvalue weighted by atomic mass is 16.5. The number of ether oxygens (including phenoxy) is 1. The van der Waals surface area contributed by atoms with Crippen molar-refractivity contribution in [1.82, 2.24) is 9.80 Å². The van der Waals surface area contributed by atoms with Gasteiger partial charge in [0, 0.05) is 32.2 Å². The van der Waals surface area contributed by atoms with Gasteiger partial charge in [0.25, 0.3) is 5.91 Å². The maximum atomic E-state index is 12.9. The lowest BCUT2D eigenvalue weighted by atomic mass is 10.1. The van der Waals surface area contributed by atoms with Gasteiger partial charge in [-0.25, -0.2) is 0 Å². The minimum Gasteiger partial charge on any atom is -0.383 e. The first kappa shape index (κ1) is 16.0. The van der Waals surface area contributed by atoms with E-state index < -0.39 is 0 Å². The quantitative estimate of drug-likeness (QED) is 0.850. The Morgan fingerprint density at radius 1 is 1.22 bits per heavy atom. The number of aryl methyl sites for hydroxylation is 2. The Bertz CT molecular complexity index is 608. The predicted molar refractivity (Wildman–Crippen MR) is 87.4 cm³/mol. The largest absolute Gasteiger partial charge is 0.383 e. The van der Waals surface area contributed by atoms with Crippen molar-refractivity contribution in [2.45, 2.75) is 38.8 Å². The molecule has 1 aromatic carbocycles. The van der Waals surface area contributed by atoms with Crippen LogP contribution in [0, 0.1) is 13.8 Å². The molecule has 2 saturated heterocycles. The Balaban J connectivity index is 1.78. The molecule has 0 aromatic heterocycles.